The summed E-state index contributed by atoms with van der Waals surface area (Å²) < 4.78 is 0. The second-order valence-electron chi connectivity index (χ2n) is 3.81. The lowest BCUT2D eigenvalue weighted by Crippen LogP contribution is -2.41. The van der Waals surface area contributed by atoms with Crippen LogP contribution in [0.1, 0.15) is 5.69 Å². The molecule has 1 aromatic heterocycles. The summed E-state index contributed by atoms with van der Waals surface area (Å²) in [5.41, 5.74) is 0.161. The Morgan fingerprint density at radius 1 is 1.16 bits per heavy atom. The number of hydrogen-bond donors (Lipinski definition) is 7. The minimum absolute atomic E-state index is 0.197. The Bertz CT molecular complexity index is 410. The van der Waals surface area contributed by atoms with Crippen LogP contribution in [0.4, 0.5) is 0 Å². The average Bonchev–Trinajstić information content (AvgIpc) is 2.42. The first-order valence-electron chi connectivity index (χ1n) is 5.48. The molecule has 0 bridgehead atoms. The molecule has 0 aliphatic heterocycles. The fourth-order valence-electron chi connectivity index (χ4n) is 1.05. The summed E-state index contributed by atoms with van der Waals surface area (Å²) in [4.78, 5) is 13.3. The van der Waals surface area contributed by atoms with E-state index in [2.05, 4.69) is 4.98 Å². The van der Waals surface area contributed by atoms with Gasteiger partial charge in [-0.15, -0.1) is 0 Å². The maximum Gasteiger partial charge on any atom is 0.223 e. The molecule has 1 heterocycles. The molecule has 0 saturated heterocycles. The SMILES string of the molecule is Cc1[nH]ccc(=O)c1O.OC[C@@H](O)C(O)[C@@H](O)CO. The number of hydrogen-bond acceptors (Lipinski definition) is 7. The second kappa shape index (κ2) is 8.62. The molecule has 8 heteroatoms. The normalized spacial score (nSPS) is 15.1. The Balaban J connectivity index is 0.000000342. The fourth-order valence-corrected chi connectivity index (χ4v) is 1.05. The molecule has 0 aromatic carbocycles. The summed E-state index contributed by atoms with van der Waals surface area (Å²) in [5, 5.41) is 51.4. The standard InChI is InChI=1S/C6H7NO2.C5H12O5/c1-4-6(9)5(8)2-3-7-4;6-1-3(8)5(10)4(9)2-7/h2-3,9H,1H3,(H,7,8);3-10H,1-2H2/t;3-,4+,5?. The van der Waals surface area contributed by atoms with E-state index in [0.717, 1.165) is 0 Å². The number of aryl methyl sites for hydroxylation is 1. The minimum Gasteiger partial charge on any atom is -0.503 e. The molecule has 0 fully saturated rings. The maximum atomic E-state index is 10.6. The van der Waals surface area contributed by atoms with E-state index in [1.165, 1.54) is 12.3 Å². The first-order chi connectivity index (χ1) is 8.84. The van der Waals surface area contributed by atoms with Gasteiger partial charge < -0.3 is 35.6 Å². The summed E-state index contributed by atoms with van der Waals surface area (Å²) in [6.45, 7) is 0.354. The van der Waals surface area contributed by atoms with Gasteiger partial charge in [-0.1, -0.05) is 0 Å². The van der Waals surface area contributed by atoms with E-state index in [1.54, 1.807) is 6.92 Å². The van der Waals surface area contributed by atoms with Gasteiger partial charge in [-0.2, -0.15) is 0 Å². The number of aliphatic hydroxyl groups excluding tert-OH is 5. The zero-order chi connectivity index (χ0) is 15.0. The van der Waals surface area contributed by atoms with E-state index >= 15 is 0 Å². The lowest BCUT2D eigenvalue weighted by atomic mass is 10.1. The summed E-state index contributed by atoms with van der Waals surface area (Å²) in [6.07, 6.45) is -2.79. The van der Waals surface area contributed by atoms with Gasteiger partial charge in [0.25, 0.3) is 0 Å². The molecular weight excluding hydrogens is 258 g/mol. The maximum absolute atomic E-state index is 10.6. The van der Waals surface area contributed by atoms with Gasteiger partial charge in [0.2, 0.25) is 5.43 Å². The average molecular weight is 277 g/mol. The predicted octanol–water partition coefficient (Wildman–Crippen LogP) is -2.56. The quantitative estimate of drug-likeness (QED) is 0.319. The van der Waals surface area contributed by atoms with Crippen LogP contribution >= 0.6 is 0 Å². The van der Waals surface area contributed by atoms with E-state index < -0.39 is 31.5 Å². The first kappa shape index (κ1) is 17.6. The van der Waals surface area contributed by atoms with Crippen LogP contribution in [-0.4, -0.2) is 67.1 Å². The van der Waals surface area contributed by atoms with E-state index in [9.17, 15) is 4.79 Å². The number of nitrogens with one attached hydrogen (secondary N) is 1. The van der Waals surface area contributed by atoms with Gasteiger partial charge in [0, 0.05) is 12.3 Å². The van der Waals surface area contributed by atoms with Crippen molar-refractivity contribution in [1.82, 2.24) is 4.98 Å². The lowest BCUT2D eigenvalue weighted by Gasteiger charge is -2.19. The fraction of sp³-hybridized carbons (Fsp3) is 0.545. The molecule has 0 spiro atoms. The topological polar surface area (TPSA) is 154 Å². The molecule has 19 heavy (non-hydrogen) atoms. The summed E-state index contributed by atoms with van der Waals surface area (Å²) in [7, 11) is 0. The smallest absolute Gasteiger partial charge is 0.223 e. The molecule has 8 nitrogen and oxygen atoms in total. The molecular formula is C11H19NO7. The third-order valence-corrected chi connectivity index (χ3v) is 2.29. The Morgan fingerprint density at radius 2 is 1.63 bits per heavy atom. The number of aromatic nitrogens is 1. The highest BCUT2D eigenvalue weighted by molar-refractivity contribution is 5.23. The zero-order valence-electron chi connectivity index (χ0n) is 10.4. The number of rotatable bonds is 4. The Hall–Kier alpha value is -1.45. The number of aliphatic hydroxyl groups is 5. The number of pyridine rings is 1. The van der Waals surface area contributed by atoms with Crippen LogP contribution in [0.2, 0.25) is 0 Å². The van der Waals surface area contributed by atoms with Crippen LogP contribution < -0.4 is 5.43 Å². The van der Waals surface area contributed by atoms with Crippen molar-refractivity contribution in [3.63, 3.8) is 0 Å². The third kappa shape index (κ3) is 5.81. The van der Waals surface area contributed by atoms with Crippen LogP contribution in [0.5, 0.6) is 5.75 Å². The summed E-state index contributed by atoms with van der Waals surface area (Å²) >= 11 is 0. The molecule has 1 aromatic rings. The Morgan fingerprint density at radius 3 is 1.95 bits per heavy atom. The summed E-state index contributed by atoms with van der Waals surface area (Å²) in [5.74, 6) is -0.197. The van der Waals surface area contributed by atoms with Gasteiger partial charge in [-0.25, -0.2) is 0 Å². The van der Waals surface area contributed by atoms with Crippen LogP contribution in [0.25, 0.3) is 0 Å². The number of H-pyrrole nitrogens is 1. The highest BCUT2D eigenvalue weighted by Gasteiger charge is 2.22. The number of aromatic amines is 1. The molecule has 1 unspecified atom stereocenters. The largest absolute Gasteiger partial charge is 0.503 e. The van der Waals surface area contributed by atoms with Crippen molar-refractivity contribution in [1.29, 1.82) is 0 Å². The molecule has 7 N–H and O–H groups in total. The second-order valence-corrected chi connectivity index (χ2v) is 3.81. The molecule has 0 aliphatic carbocycles. The van der Waals surface area contributed by atoms with Crippen molar-refractivity contribution < 1.29 is 30.6 Å². The van der Waals surface area contributed by atoms with E-state index in [0.29, 0.717) is 5.69 Å². The predicted molar refractivity (Wildman–Crippen MR) is 65.7 cm³/mol. The Labute approximate surface area is 109 Å². The van der Waals surface area contributed by atoms with Crippen molar-refractivity contribution >= 4 is 0 Å². The minimum atomic E-state index is -1.49. The summed E-state index contributed by atoms with van der Waals surface area (Å²) in [6, 6.07) is 1.28. The van der Waals surface area contributed by atoms with Crippen molar-refractivity contribution in [3.8, 4) is 5.75 Å². The van der Waals surface area contributed by atoms with Crippen molar-refractivity contribution in [2.75, 3.05) is 13.2 Å². The highest BCUT2D eigenvalue weighted by Crippen LogP contribution is 2.02. The molecule has 0 aliphatic rings. The molecule has 0 radical (unpaired) electrons. The van der Waals surface area contributed by atoms with Crippen LogP contribution in [-0.2, 0) is 0 Å². The van der Waals surface area contributed by atoms with E-state index in [4.69, 9.17) is 30.6 Å². The van der Waals surface area contributed by atoms with Gasteiger partial charge in [0.1, 0.15) is 18.3 Å². The molecule has 1 rings (SSSR count). The number of aromatic hydroxyl groups is 1. The molecule has 0 saturated carbocycles. The zero-order valence-corrected chi connectivity index (χ0v) is 10.4. The van der Waals surface area contributed by atoms with Gasteiger partial charge in [0.15, 0.2) is 5.75 Å². The van der Waals surface area contributed by atoms with Crippen molar-refractivity contribution in [3.05, 3.63) is 28.2 Å². The monoisotopic (exact) mass is 277 g/mol. The molecule has 110 valence electrons. The first-order valence-corrected chi connectivity index (χ1v) is 5.48. The van der Waals surface area contributed by atoms with Crippen LogP contribution in [0.15, 0.2) is 17.1 Å². The molecule has 0 amide bonds. The van der Waals surface area contributed by atoms with Gasteiger partial charge in [-0.3, -0.25) is 4.79 Å². The molecule has 3 atom stereocenters. The lowest BCUT2D eigenvalue weighted by molar-refractivity contribution is -0.0900. The van der Waals surface area contributed by atoms with E-state index in [-0.39, 0.29) is 11.2 Å². The van der Waals surface area contributed by atoms with Crippen LogP contribution in [0, 0.1) is 6.92 Å². The Kier molecular flexibility index (Phi) is 7.96. The van der Waals surface area contributed by atoms with Gasteiger partial charge in [-0.05, 0) is 6.92 Å². The van der Waals surface area contributed by atoms with E-state index in [1.807, 2.05) is 0 Å². The third-order valence-electron chi connectivity index (χ3n) is 2.29. The highest BCUT2D eigenvalue weighted by atomic mass is 16.4. The van der Waals surface area contributed by atoms with Crippen LogP contribution in [0.3, 0.4) is 0 Å². The van der Waals surface area contributed by atoms with Crippen molar-refractivity contribution in [2.45, 2.75) is 25.2 Å². The van der Waals surface area contributed by atoms with Crippen molar-refractivity contribution in [2.24, 2.45) is 0 Å². The van der Waals surface area contributed by atoms with Gasteiger partial charge >= 0.3 is 0 Å². The van der Waals surface area contributed by atoms with Gasteiger partial charge in [0.05, 0.1) is 18.9 Å².